The van der Waals surface area contributed by atoms with Crippen LogP contribution in [0.3, 0.4) is 0 Å². The Morgan fingerprint density at radius 3 is 2.64 bits per heavy atom. The highest BCUT2D eigenvalue weighted by atomic mass is 32.2. The molecule has 0 unspecified atom stereocenters. The van der Waals surface area contributed by atoms with E-state index in [1.54, 1.807) is 37.3 Å². The maximum atomic E-state index is 12.5. The fourth-order valence-corrected chi connectivity index (χ4v) is 2.62. The number of rotatable bonds is 7. The third-order valence-electron chi connectivity index (χ3n) is 3.26. The van der Waals surface area contributed by atoms with Crippen molar-refractivity contribution in [3.8, 4) is 5.75 Å². The van der Waals surface area contributed by atoms with E-state index in [4.69, 9.17) is 9.84 Å². The molecule has 0 aromatic heterocycles. The molecule has 5 nitrogen and oxygen atoms in total. The van der Waals surface area contributed by atoms with Crippen molar-refractivity contribution in [3.63, 3.8) is 0 Å². The zero-order valence-corrected chi connectivity index (χ0v) is 14.3. The lowest BCUT2D eigenvalue weighted by atomic mass is 10.1. The Morgan fingerprint density at radius 1 is 1.24 bits per heavy atom. The number of ether oxygens (including phenoxy) is 1. The van der Waals surface area contributed by atoms with Gasteiger partial charge in [0, 0.05) is 5.56 Å². The van der Waals surface area contributed by atoms with Crippen LogP contribution in [-0.4, -0.2) is 29.7 Å². The summed E-state index contributed by atoms with van der Waals surface area (Å²) in [6.45, 7) is 1.74. The van der Waals surface area contributed by atoms with Crippen molar-refractivity contribution >= 4 is 29.1 Å². The third-order valence-corrected chi connectivity index (χ3v) is 4.03. The Bertz CT molecular complexity index is 797. The summed E-state index contributed by atoms with van der Waals surface area (Å²) >= 11 is 0.415. The van der Waals surface area contributed by atoms with E-state index in [0.717, 1.165) is 0 Å². The second-order valence-corrected chi connectivity index (χ2v) is 5.97. The number of hydrazone groups is 1. The molecular formula is C17H16F2N2O3S. The van der Waals surface area contributed by atoms with Crippen LogP contribution in [0.15, 0.2) is 52.5 Å². The number of carbonyl (C=O) groups is 1. The fraction of sp³-hybridized carbons (Fsp3) is 0.176. The fourth-order valence-electron chi connectivity index (χ4n) is 2.02. The van der Waals surface area contributed by atoms with Gasteiger partial charge in [-0.3, -0.25) is 5.43 Å². The summed E-state index contributed by atoms with van der Waals surface area (Å²) in [5, 5.41) is 13.2. The molecule has 0 radical (unpaired) electrons. The zero-order valence-electron chi connectivity index (χ0n) is 13.5. The van der Waals surface area contributed by atoms with Gasteiger partial charge in [-0.05, 0) is 37.3 Å². The normalized spacial score (nSPS) is 11.5. The largest absolute Gasteiger partial charge is 0.496 e. The highest BCUT2D eigenvalue weighted by Gasteiger charge is 2.12. The van der Waals surface area contributed by atoms with E-state index in [9.17, 15) is 13.6 Å². The second-order valence-electron chi connectivity index (χ2n) is 4.94. The summed E-state index contributed by atoms with van der Waals surface area (Å²) in [5.41, 5.74) is 4.73. The summed E-state index contributed by atoms with van der Waals surface area (Å²) in [6.07, 6.45) is 0. The quantitative estimate of drug-likeness (QED) is 0.427. The van der Waals surface area contributed by atoms with Gasteiger partial charge in [0.05, 0.1) is 29.0 Å². The Balaban J connectivity index is 2.19. The smallest absolute Gasteiger partial charge is 0.335 e. The maximum Gasteiger partial charge on any atom is 0.335 e. The molecule has 0 atom stereocenters. The van der Waals surface area contributed by atoms with Crippen LogP contribution in [0, 0.1) is 0 Å². The number of hydrogen-bond acceptors (Lipinski definition) is 5. The van der Waals surface area contributed by atoms with Crippen LogP contribution in [0.1, 0.15) is 22.8 Å². The van der Waals surface area contributed by atoms with Crippen molar-refractivity contribution in [2.75, 3.05) is 12.5 Å². The number of nitrogens with zero attached hydrogens (tertiary/aromatic N) is 1. The number of methoxy groups -OCH3 is 1. The highest BCUT2D eigenvalue weighted by Crippen LogP contribution is 2.34. The van der Waals surface area contributed by atoms with Crippen molar-refractivity contribution in [1.82, 2.24) is 0 Å². The Kier molecular flexibility index (Phi) is 6.35. The molecule has 0 spiro atoms. The first-order chi connectivity index (χ1) is 11.9. The van der Waals surface area contributed by atoms with Crippen LogP contribution in [0.5, 0.6) is 5.75 Å². The molecule has 25 heavy (non-hydrogen) atoms. The van der Waals surface area contributed by atoms with Crippen molar-refractivity contribution < 1.29 is 23.4 Å². The Morgan fingerprint density at radius 2 is 2.00 bits per heavy atom. The number of nitrogens with one attached hydrogen (secondary N) is 1. The predicted molar refractivity (Wildman–Crippen MR) is 94.1 cm³/mol. The molecule has 0 bridgehead atoms. The van der Waals surface area contributed by atoms with Gasteiger partial charge in [0.1, 0.15) is 5.75 Å². The summed E-state index contributed by atoms with van der Waals surface area (Å²) in [4.78, 5) is 11.3. The van der Waals surface area contributed by atoms with E-state index < -0.39 is 11.7 Å². The third kappa shape index (κ3) is 5.18. The molecule has 2 N–H and O–H groups in total. The van der Waals surface area contributed by atoms with Crippen LogP contribution < -0.4 is 10.2 Å². The van der Waals surface area contributed by atoms with E-state index in [0.29, 0.717) is 39.4 Å². The molecular weight excluding hydrogens is 350 g/mol. The first kappa shape index (κ1) is 18.7. The van der Waals surface area contributed by atoms with E-state index in [1.807, 2.05) is 0 Å². The van der Waals surface area contributed by atoms with Gasteiger partial charge in [-0.25, -0.2) is 4.79 Å². The van der Waals surface area contributed by atoms with Crippen LogP contribution in [0.4, 0.5) is 14.5 Å². The number of aromatic carboxylic acids is 1. The van der Waals surface area contributed by atoms with Crippen LogP contribution >= 0.6 is 11.8 Å². The van der Waals surface area contributed by atoms with Gasteiger partial charge in [0.15, 0.2) is 0 Å². The topological polar surface area (TPSA) is 70.9 Å². The Labute approximate surface area is 147 Å². The first-order valence-electron chi connectivity index (χ1n) is 7.17. The molecule has 8 heteroatoms. The monoisotopic (exact) mass is 366 g/mol. The van der Waals surface area contributed by atoms with Crippen LogP contribution in [0.25, 0.3) is 0 Å². The zero-order chi connectivity index (χ0) is 18.4. The Hall–Kier alpha value is -2.61. The minimum atomic E-state index is -2.53. The van der Waals surface area contributed by atoms with Crippen molar-refractivity contribution in [1.29, 1.82) is 0 Å². The number of alkyl halides is 2. The van der Waals surface area contributed by atoms with Crippen molar-refractivity contribution in [2.24, 2.45) is 5.10 Å². The summed E-state index contributed by atoms with van der Waals surface area (Å²) in [5.74, 6) is -3.22. The van der Waals surface area contributed by atoms with Crippen LogP contribution in [-0.2, 0) is 0 Å². The lowest BCUT2D eigenvalue weighted by Crippen LogP contribution is -2.02. The first-order valence-corrected chi connectivity index (χ1v) is 8.05. The minimum Gasteiger partial charge on any atom is -0.496 e. The molecule has 0 fully saturated rings. The van der Waals surface area contributed by atoms with Gasteiger partial charge < -0.3 is 9.84 Å². The number of anilines is 1. The average Bonchev–Trinajstić information content (AvgIpc) is 2.59. The summed E-state index contributed by atoms with van der Waals surface area (Å²) in [7, 11) is 1.41. The molecule has 0 saturated heterocycles. The van der Waals surface area contributed by atoms with Crippen molar-refractivity contribution in [3.05, 3.63) is 53.6 Å². The van der Waals surface area contributed by atoms with E-state index in [1.165, 1.54) is 19.2 Å². The number of thioether (sulfide) groups is 1. The van der Waals surface area contributed by atoms with Gasteiger partial charge in [-0.1, -0.05) is 23.9 Å². The van der Waals surface area contributed by atoms with E-state index >= 15 is 0 Å². The molecule has 0 heterocycles. The molecule has 2 aromatic rings. The number of halogens is 2. The molecule has 2 aromatic carbocycles. The van der Waals surface area contributed by atoms with Gasteiger partial charge >= 0.3 is 5.97 Å². The van der Waals surface area contributed by atoms with Gasteiger partial charge in [0.25, 0.3) is 5.76 Å². The lowest BCUT2D eigenvalue weighted by molar-refractivity contribution is 0.0697. The summed E-state index contributed by atoms with van der Waals surface area (Å²) < 4.78 is 30.2. The lowest BCUT2D eigenvalue weighted by Gasteiger charge is -2.10. The number of hydrogen-bond donors (Lipinski definition) is 2. The van der Waals surface area contributed by atoms with Gasteiger partial charge in [0.2, 0.25) is 0 Å². The highest BCUT2D eigenvalue weighted by molar-refractivity contribution is 7.99. The molecule has 132 valence electrons. The molecule has 0 amide bonds. The molecule has 0 aliphatic heterocycles. The van der Waals surface area contributed by atoms with E-state index in [-0.39, 0.29) is 5.56 Å². The predicted octanol–water partition coefficient (Wildman–Crippen LogP) is 4.54. The van der Waals surface area contributed by atoms with E-state index in [2.05, 4.69) is 10.5 Å². The number of carboxylic acid groups (broad SMARTS) is 1. The van der Waals surface area contributed by atoms with Gasteiger partial charge in [-0.2, -0.15) is 13.9 Å². The number of benzene rings is 2. The second kappa shape index (κ2) is 8.48. The molecule has 2 rings (SSSR count). The SMILES string of the molecule is COc1cc(/C(C)=N/Nc2cccc(C(=O)O)c2)ccc1SC(F)F. The molecule has 0 aliphatic carbocycles. The van der Waals surface area contributed by atoms with Crippen LogP contribution in [0.2, 0.25) is 0 Å². The molecule has 0 aliphatic rings. The van der Waals surface area contributed by atoms with Gasteiger partial charge in [-0.15, -0.1) is 0 Å². The standard InChI is InChI=1S/C17H16F2N2O3S/c1-10(20-21-13-5-3-4-12(8-13)16(22)23)11-6-7-15(25-17(18)19)14(9-11)24-2/h3-9,17,21H,1-2H3,(H,22,23)/b20-10+. The molecule has 0 saturated carbocycles. The van der Waals surface area contributed by atoms with Crippen molar-refractivity contribution in [2.45, 2.75) is 17.6 Å². The minimum absolute atomic E-state index is 0.146. The average molecular weight is 366 g/mol. The summed E-state index contributed by atoms with van der Waals surface area (Å²) in [6, 6.07) is 11.1. The number of carboxylic acids is 1. The maximum absolute atomic E-state index is 12.5.